The Morgan fingerprint density at radius 2 is 1.77 bits per heavy atom. The van der Waals surface area contributed by atoms with Gasteiger partial charge in [-0.2, -0.15) is 5.10 Å². The molecule has 0 aliphatic carbocycles. The third-order valence-corrected chi connectivity index (χ3v) is 4.83. The van der Waals surface area contributed by atoms with Crippen LogP contribution in [0.1, 0.15) is 36.2 Å². The first-order valence-corrected chi connectivity index (χ1v) is 8.92. The summed E-state index contributed by atoms with van der Waals surface area (Å²) < 4.78 is 15.0. The molecule has 26 heavy (non-hydrogen) atoms. The molecule has 2 N–H and O–H groups in total. The molecule has 0 atom stereocenters. The van der Waals surface area contributed by atoms with Crippen LogP contribution in [-0.2, 0) is 25.4 Å². The summed E-state index contributed by atoms with van der Waals surface area (Å²) in [4.78, 5) is 0. The normalized spacial score (nSPS) is 11.8. The minimum atomic E-state index is -0.381. The minimum absolute atomic E-state index is 0.201. The summed E-state index contributed by atoms with van der Waals surface area (Å²) >= 11 is 0. The second-order valence-corrected chi connectivity index (χ2v) is 7.47. The Labute approximate surface area is 154 Å². The number of aromatic nitrogens is 2. The molecule has 0 spiro atoms. The number of rotatable bonds is 5. The van der Waals surface area contributed by atoms with E-state index in [1.807, 2.05) is 43.8 Å². The van der Waals surface area contributed by atoms with E-state index in [1.165, 1.54) is 17.7 Å². The van der Waals surface area contributed by atoms with Crippen molar-refractivity contribution >= 4 is 0 Å². The summed E-state index contributed by atoms with van der Waals surface area (Å²) in [6, 6.07) is 15.0. The highest BCUT2D eigenvalue weighted by atomic mass is 19.1. The summed E-state index contributed by atoms with van der Waals surface area (Å²) in [5.74, 6) is -0.201. The predicted octanol–water partition coefficient (Wildman–Crippen LogP) is 4.51. The van der Waals surface area contributed by atoms with Gasteiger partial charge in [0.15, 0.2) is 0 Å². The van der Waals surface area contributed by atoms with E-state index < -0.39 is 0 Å². The zero-order chi connectivity index (χ0) is 18.9. The molecule has 3 aromatic rings. The van der Waals surface area contributed by atoms with E-state index in [1.54, 1.807) is 0 Å². The van der Waals surface area contributed by atoms with Crippen LogP contribution in [0.15, 0.2) is 48.5 Å². The third kappa shape index (κ3) is 3.86. The summed E-state index contributed by atoms with van der Waals surface area (Å²) in [6.45, 7) is 6.13. The van der Waals surface area contributed by atoms with Gasteiger partial charge in [0, 0.05) is 18.2 Å². The molecule has 0 saturated heterocycles. The molecular formula is C22H26FN3. The fourth-order valence-corrected chi connectivity index (χ4v) is 3.31. The monoisotopic (exact) mass is 351 g/mol. The van der Waals surface area contributed by atoms with E-state index in [0.29, 0.717) is 0 Å². The van der Waals surface area contributed by atoms with Gasteiger partial charge in [-0.25, -0.2) is 4.39 Å². The molecule has 2 aromatic carbocycles. The first-order chi connectivity index (χ1) is 12.3. The van der Waals surface area contributed by atoms with Crippen molar-refractivity contribution in [1.29, 1.82) is 0 Å². The average molecular weight is 351 g/mol. The van der Waals surface area contributed by atoms with Crippen LogP contribution in [0.2, 0.25) is 0 Å². The van der Waals surface area contributed by atoms with Gasteiger partial charge < -0.3 is 5.73 Å². The summed E-state index contributed by atoms with van der Waals surface area (Å²) in [6.07, 6.45) is 1.67. The molecule has 1 aromatic heterocycles. The molecule has 0 saturated carbocycles. The fourth-order valence-electron chi connectivity index (χ4n) is 3.31. The first kappa shape index (κ1) is 18.3. The van der Waals surface area contributed by atoms with Gasteiger partial charge in [-0.05, 0) is 68.5 Å². The van der Waals surface area contributed by atoms with Gasteiger partial charge >= 0.3 is 0 Å². The zero-order valence-corrected chi connectivity index (χ0v) is 15.9. The number of aryl methyl sites for hydroxylation is 3. The Morgan fingerprint density at radius 1 is 1.08 bits per heavy atom. The molecule has 0 radical (unpaired) electrons. The number of nitrogens with zero attached hydrogens (tertiary/aromatic N) is 2. The maximum absolute atomic E-state index is 13.0. The van der Waals surface area contributed by atoms with Crippen LogP contribution in [0.3, 0.4) is 0 Å². The van der Waals surface area contributed by atoms with Crippen LogP contribution < -0.4 is 5.73 Å². The highest BCUT2D eigenvalue weighted by Crippen LogP contribution is 2.29. The molecule has 136 valence electrons. The van der Waals surface area contributed by atoms with Gasteiger partial charge in [0.2, 0.25) is 0 Å². The van der Waals surface area contributed by atoms with Gasteiger partial charge in [0.05, 0.1) is 11.4 Å². The zero-order valence-electron chi connectivity index (χ0n) is 15.9. The average Bonchev–Trinajstić information content (AvgIpc) is 2.87. The SMILES string of the molecule is Cc1c(CCc2ccc(F)cc2)nn(C)c1-c1cccc(C(C)(C)N)c1. The number of nitrogens with two attached hydrogens (primary N) is 1. The number of benzene rings is 2. The van der Waals surface area contributed by atoms with E-state index >= 15 is 0 Å². The van der Waals surface area contributed by atoms with Crippen molar-refractivity contribution in [3.63, 3.8) is 0 Å². The largest absolute Gasteiger partial charge is 0.322 e. The van der Waals surface area contributed by atoms with Crippen molar-refractivity contribution in [2.75, 3.05) is 0 Å². The molecule has 4 heteroatoms. The lowest BCUT2D eigenvalue weighted by Crippen LogP contribution is -2.28. The first-order valence-electron chi connectivity index (χ1n) is 8.92. The van der Waals surface area contributed by atoms with Crippen LogP contribution in [0.25, 0.3) is 11.3 Å². The van der Waals surface area contributed by atoms with Gasteiger partial charge in [0.1, 0.15) is 5.82 Å². The van der Waals surface area contributed by atoms with Crippen molar-refractivity contribution in [3.05, 3.63) is 76.7 Å². The maximum atomic E-state index is 13.0. The van der Waals surface area contributed by atoms with E-state index in [-0.39, 0.29) is 11.4 Å². The second-order valence-electron chi connectivity index (χ2n) is 7.47. The van der Waals surface area contributed by atoms with Crippen molar-refractivity contribution in [1.82, 2.24) is 9.78 Å². The van der Waals surface area contributed by atoms with Crippen LogP contribution in [0, 0.1) is 12.7 Å². The molecule has 3 rings (SSSR count). The van der Waals surface area contributed by atoms with E-state index in [0.717, 1.165) is 40.9 Å². The molecule has 0 amide bonds. The second kappa shape index (κ2) is 7.04. The number of hydrogen-bond donors (Lipinski definition) is 1. The van der Waals surface area contributed by atoms with Crippen LogP contribution in [-0.4, -0.2) is 9.78 Å². The third-order valence-electron chi connectivity index (χ3n) is 4.83. The van der Waals surface area contributed by atoms with Gasteiger partial charge in [-0.3, -0.25) is 4.68 Å². The minimum Gasteiger partial charge on any atom is -0.322 e. The summed E-state index contributed by atoms with van der Waals surface area (Å²) in [7, 11) is 1.98. The molecule has 0 fully saturated rings. The molecule has 1 heterocycles. The Morgan fingerprint density at radius 3 is 2.42 bits per heavy atom. The highest BCUT2D eigenvalue weighted by Gasteiger charge is 2.18. The van der Waals surface area contributed by atoms with Crippen molar-refractivity contribution in [2.45, 2.75) is 39.2 Å². The summed E-state index contributed by atoms with van der Waals surface area (Å²) in [5, 5.41) is 4.72. The summed E-state index contributed by atoms with van der Waals surface area (Å²) in [5.41, 5.74) is 12.6. The number of halogens is 1. The van der Waals surface area contributed by atoms with Crippen LogP contribution in [0.4, 0.5) is 4.39 Å². The lowest BCUT2D eigenvalue weighted by Gasteiger charge is -2.20. The van der Waals surface area contributed by atoms with Crippen molar-refractivity contribution in [3.8, 4) is 11.3 Å². The van der Waals surface area contributed by atoms with E-state index in [4.69, 9.17) is 10.8 Å². The molecule has 0 bridgehead atoms. The van der Waals surface area contributed by atoms with Crippen molar-refractivity contribution < 1.29 is 4.39 Å². The Balaban J connectivity index is 1.87. The highest BCUT2D eigenvalue weighted by molar-refractivity contribution is 5.65. The molecular weight excluding hydrogens is 325 g/mol. The van der Waals surface area contributed by atoms with Gasteiger partial charge in [-0.15, -0.1) is 0 Å². The number of hydrogen-bond acceptors (Lipinski definition) is 2. The molecule has 3 nitrogen and oxygen atoms in total. The Bertz CT molecular complexity index is 902. The Hall–Kier alpha value is -2.46. The molecule has 0 aliphatic heterocycles. The van der Waals surface area contributed by atoms with Gasteiger partial charge in [-0.1, -0.05) is 30.3 Å². The van der Waals surface area contributed by atoms with Crippen molar-refractivity contribution in [2.24, 2.45) is 12.8 Å². The standard InChI is InChI=1S/C22H26FN3/c1-15-20(13-10-16-8-11-19(23)12-9-16)25-26(4)21(15)17-6-5-7-18(14-17)22(2,3)24/h5-9,11-12,14H,10,13,24H2,1-4H3. The maximum Gasteiger partial charge on any atom is 0.123 e. The topological polar surface area (TPSA) is 43.8 Å². The van der Waals surface area contributed by atoms with E-state index in [9.17, 15) is 4.39 Å². The molecule has 0 aliphatic rings. The lowest BCUT2D eigenvalue weighted by molar-refractivity contribution is 0.554. The Kier molecular flexibility index (Phi) is 4.97. The molecule has 0 unspecified atom stereocenters. The van der Waals surface area contributed by atoms with Crippen LogP contribution in [0.5, 0.6) is 0 Å². The van der Waals surface area contributed by atoms with E-state index in [2.05, 4.69) is 25.1 Å². The predicted molar refractivity (Wildman–Crippen MR) is 104 cm³/mol. The van der Waals surface area contributed by atoms with Gasteiger partial charge in [0.25, 0.3) is 0 Å². The lowest BCUT2D eigenvalue weighted by atomic mass is 9.92. The smallest absolute Gasteiger partial charge is 0.123 e. The quantitative estimate of drug-likeness (QED) is 0.735. The van der Waals surface area contributed by atoms with Crippen LogP contribution >= 0.6 is 0 Å². The fraction of sp³-hybridized carbons (Fsp3) is 0.318.